The average Bonchev–Trinajstić information content (AvgIpc) is 3.12. The van der Waals surface area contributed by atoms with E-state index in [0.29, 0.717) is 24.9 Å². The number of carbonyl (C=O) groups is 2. The Labute approximate surface area is 139 Å². The van der Waals surface area contributed by atoms with Crippen LogP contribution >= 0.6 is 0 Å². The highest BCUT2D eigenvalue weighted by Crippen LogP contribution is 2.20. The van der Waals surface area contributed by atoms with Gasteiger partial charge >= 0.3 is 0 Å². The van der Waals surface area contributed by atoms with Crippen molar-refractivity contribution in [2.45, 2.75) is 27.2 Å². The molecule has 2 aromatic rings. The molecule has 8 nitrogen and oxygen atoms in total. The molecule has 0 aliphatic carbocycles. The van der Waals surface area contributed by atoms with Crippen LogP contribution in [0.15, 0.2) is 18.3 Å². The monoisotopic (exact) mass is 328 g/mol. The van der Waals surface area contributed by atoms with Crippen molar-refractivity contribution in [2.75, 3.05) is 18.4 Å². The molecule has 1 saturated heterocycles. The van der Waals surface area contributed by atoms with Gasteiger partial charge in [0.25, 0.3) is 5.95 Å². The molecule has 0 saturated carbocycles. The molecule has 3 heterocycles. The van der Waals surface area contributed by atoms with Crippen molar-refractivity contribution >= 4 is 17.6 Å². The van der Waals surface area contributed by atoms with Gasteiger partial charge in [0, 0.05) is 37.0 Å². The minimum Gasteiger partial charge on any atom is -0.342 e. The quantitative estimate of drug-likeness (QED) is 0.907. The van der Waals surface area contributed by atoms with Crippen molar-refractivity contribution in [1.82, 2.24) is 24.6 Å². The Bertz CT molecular complexity index is 764. The second kappa shape index (κ2) is 6.38. The van der Waals surface area contributed by atoms with Gasteiger partial charge in [0.15, 0.2) is 0 Å². The number of nitrogens with zero attached hydrogens (tertiary/aromatic N) is 5. The maximum absolute atomic E-state index is 12.5. The summed E-state index contributed by atoms with van der Waals surface area (Å²) in [5, 5.41) is 7.03. The zero-order valence-electron chi connectivity index (χ0n) is 14.0. The molecule has 0 spiro atoms. The van der Waals surface area contributed by atoms with Crippen LogP contribution in [-0.2, 0) is 9.59 Å². The fourth-order valence-electron chi connectivity index (χ4n) is 2.84. The third kappa shape index (κ3) is 3.12. The standard InChI is InChI=1S/C16H20N6O2/c1-4-21-9-12(8-14(21)23)15(24)20-13-5-6-17-22(13)16-18-10(2)7-11(3)19-16/h5-7,12H,4,8-9H2,1-3H3,(H,20,24)/t12-/m1/s1. The molecule has 1 aliphatic rings. The number of aryl methyl sites for hydroxylation is 2. The Balaban J connectivity index is 1.79. The molecule has 1 fully saturated rings. The van der Waals surface area contributed by atoms with E-state index in [9.17, 15) is 9.59 Å². The summed E-state index contributed by atoms with van der Waals surface area (Å²) in [6, 6.07) is 3.56. The van der Waals surface area contributed by atoms with Crippen LogP contribution in [0, 0.1) is 19.8 Å². The highest BCUT2D eigenvalue weighted by molar-refractivity contribution is 5.96. The Morgan fingerprint density at radius 3 is 2.67 bits per heavy atom. The van der Waals surface area contributed by atoms with Gasteiger partial charge in [-0.3, -0.25) is 9.59 Å². The van der Waals surface area contributed by atoms with Crippen LogP contribution in [-0.4, -0.2) is 49.6 Å². The van der Waals surface area contributed by atoms with Crippen LogP contribution in [0.1, 0.15) is 24.7 Å². The lowest BCUT2D eigenvalue weighted by atomic mass is 10.1. The Morgan fingerprint density at radius 1 is 1.33 bits per heavy atom. The van der Waals surface area contributed by atoms with E-state index in [-0.39, 0.29) is 24.2 Å². The van der Waals surface area contributed by atoms with Gasteiger partial charge in [0.05, 0.1) is 12.1 Å². The number of hydrogen-bond acceptors (Lipinski definition) is 5. The van der Waals surface area contributed by atoms with Crippen LogP contribution < -0.4 is 5.32 Å². The molecule has 24 heavy (non-hydrogen) atoms. The van der Waals surface area contributed by atoms with Crippen LogP contribution in [0.5, 0.6) is 0 Å². The van der Waals surface area contributed by atoms with Crippen molar-refractivity contribution in [3.8, 4) is 5.95 Å². The zero-order chi connectivity index (χ0) is 17.3. The fraction of sp³-hybridized carbons (Fsp3) is 0.438. The van der Waals surface area contributed by atoms with Crippen LogP contribution in [0.4, 0.5) is 5.82 Å². The fourth-order valence-corrected chi connectivity index (χ4v) is 2.84. The summed E-state index contributed by atoms with van der Waals surface area (Å²) in [6.07, 6.45) is 1.82. The Kier molecular flexibility index (Phi) is 4.28. The van der Waals surface area contributed by atoms with Crippen LogP contribution in [0.2, 0.25) is 0 Å². The minimum atomic E-state index is -0.346. The van der Waals surface area contributed by atoms with Crippen LogP contribution in [0.25, 0.3) is 5.95 Å². The normalized spacial score (nSPS) is 17.4. The first-order chi connectivity index (χ1) is 11.5. The average molecular weight is 328 g/mol. The summed E-state index contributed by atoms with van der Waals surface area (Å²) < 4.78 is 1.49. The highest BCUT2D eigenvalue weighted by atomic mass is 16.2. The summed E-state index contributed by atoms with van der Waals surface area (Å²) in [5.41, 5.74) is 1.65. The number of carbonyl (C=O) groups excluding carboxylic acids is 2. The van der Waals surface area contributed by atoms with Gasteiger partial charge in [-0.1, -0.05) is 0 Å². The number of likely N-dealkylation sites (tertiary alicyclic amines) is 1. The summed E-state index contributed by atoms with van der Waals surface area (Å²) in [4.78, 5) is 34.7. The molecule has 1 atom stereocenters. The lowest BCUT2D eigenvalue weighted by Crippen LogP contribution is -2.28. The highest BCUT2D eigenvalue weighted by Gasteiger charge is 2.33. The summed E-state index contributed by atoms with van der Waals surface area (Å²) in [7, 11) is 0. The van der Waals surface area contributed by atoms with E-state index in [2.05, 4.69) is 20.4 Å². The molecule has 1 aliphatic heterocycles. The molecule has 0 unspecified atom stereocenters. The molecular weight excluding hydrogens is 308 g/mol. The van der Waals surface area contributed by atoms with Gasteiger partial charge < -0.3 is 10.2 Å². The lowest BCUT2D eigenvalue weighted by Gasteiger charge is -2.14. The van der Waals surface area contributed by atoms with Gasteiger partial charge in [-0.25, -0.2) is 9.97 Å². The minimum absolute atomic E-state index is 0.0174. The maximum atomic E-state index is 12.5. The first-order valence-corrected chi connectivity index (χ1v) is 7.93. The molecule has 126 valence electrons. The maximum Gasteiger partial charge on any atom is 0.252 e. The third-order valence-electron chi connectivity index (χ3n) is 4.02. The smallest absolute Gasteiger partial charge is 0.252 e. The third-order valence-corrected chi connectivity index (χ3v) is 4.02. The zero-order valence-corrected chi connectivity index (χ0v) is 14.0. The van der Waals surface area contributed by atoms with Gasteiger partial charge in [0.1, 0.15) is 5.82 Å². The summed E-state index contributed by atoms with van der Waals surface area (Å²) in [6.45, 7) is 6.74. The topological polar surface area (TPSA) is 93.0 Å². The lowest BCUT2D eigenvalue weighted by molar-refractivity contribution is -0.128. The second-order valence-corrected chi connectivity index (χ2v) is 5.90. The Morgan fingerprint density at radius 2 is 2.04 bits per heavy atom. The van der Waals surface area contributed by atoms with E-state index >= 15 is 0 Å². The van der Waals surface area contributed by atoms with Crippen LogP contribution in [0.3, 0.4) is 0 Å². The van der Waals surface area contributed by atoms with Crippen molar-refractivity contribution < 1.29 is 9.59 Å². The molecule has 0 aromatic carbocycles. The molecule has 1 N–H and O–H groups in total. The van der Waals surface area contributed by atoms with E-state index in [4.69, 9.17) is 0 Å². The molecule has 2 aromatic heterocycles. The largest absolute Gasteiger partial charge is 0.342 e. The molecule has 8 heteroatoms. The van der Waals surface area contributed by atoms with E-state index < -0.39 is 0 Å². The number of aromatic nitrogens is 4. The van der Waals surface area contributed by atoms with Gasteiger partial charge in [-0.2, -0.15) is 9.78 Å². The number of rotatable bonds is 4. The van der Waals surface area contributed by atoms with Crippen molar-refractivity contribution in [1.29, 1.82) is 0 Å². The van der Waals surface area contributed by atoms with E-state index in [1.807, 2.05) is 26.8 Å². The van der Waals surface area contributed by atoms with E-state index in [1.165, 1.54) is 4.68 Å². The Hall–Kier alpha value is -2.77. The first kappa shape index (κ1) is 16.1. The summed E-state index contributed by atoms with van der Waals surface area (Å²) in [5.74, 6) is 0.382. The van der Waals surface area contributed by atoms with Crippen molar-refractivity contribution in [3.63, 3.8) is 0 Å². The molecule has 3 rings (SSSR count). The number of anilines is 1. The first-order valence-electron chi connectivity index (χ1n) is 7.93. The van der Waals surface area contributed by atoms with Gasteiger partial charge in [-0.05, 0) is 26.8 Å². The predicted octanol–water partition coefficient (Wildman–Crippen LogP) is 1.09. The molecular formula is C16H20N6O2. The summed E-state index contributed by atoms with van der Waals surface area (Å²) >= 11 is 0. The van der Waals surface area contributed by atoms with E-state index in [1.54, 1.807) is 17.2 Å². The molecule has 0 radical (unpaired) electrons. The SMILES string of the molecule is CCN1C[C@H](C(=O)Nc2ccnn2-c2nc(C)cc(C)n2)CC1=O. The van der Waals surface area contributed by atoms with E-state index in [0.717, 1.165) is 11.4 Å². The predicted molar refractivity (Wildman–Crippen MR) is 87.6 cm³/mol. The molecule has 2 amide bonds. The van der Waals surface area contributed by atoms with Gasteiger partial charge in [0.2, 0.25) is 11.8 Å². The van der Waals surface area contributed by atoms with Gasteiger partial charge in [-0.15, -0.1) is 0 Å². The second-order valence-electron chi connectivity index (χ2n) is 5.90. The van der Waals surface area contributed by atoms with Crippen molar-refractivity contribution in [2.24, 2.45) is 5.92 Å². The number of amides is 2. The molecule has 0 bridgehead atoms. The number of hydrogen-bond donors (Lipinski definition) is 1. The number of nitrogens with one attached hydrogen (secondary N) is 1. The van der Waals surface area contributed by atoms with Crippen molar-refractivity contribution in [3.05, 3.63) is 29.7 Å².